The van der Waals surface area contributed by atoms with Gasteiger partial charge in [-0.25, -0.2) is 4.39 Å². The molecule has 29 heavy (non-hydrogen) atoms. The summed E-state index contributed by atoms with van der Waals surface area (Å²) in [7, 11) is 0. The highest BCUT2D eigenvalue weighted by Gasteiger charge is 2.28. The average molecular weight is 401 g/mol. The van der Waals surface area contributed by atoms with Crippen molar-refractivity contribution in [1.29, 1.82) is 0 Å². The van der Waals surface area contributed by atoms with Crippen LogP contribution in [0.25, 0.3) is 0 Å². The van der Waals surface area contributed by atoms with Crippen LogP contribution in [0.2, 0.25) is 0 Å². The van der Waals surface area contributed by atoms with Gasteiger partial charge in [0, 0.05) is 0 Å². The fourth-order valence-electron chi connectivity index (χ4n) is 5.73. The van der Waals surface area contributed by atoms with E-state index in [1.54, 1.807) is 6.07 Å². The lowest BCUT2D eigenvalue weighted by atomic mass is 9.71. The number of rotatable bonds is 6. The predicted molar refractivity (Wildman–Crippen MR) is 124 cm³/mol. The molecule has 0 amide bonds. The SMILES string of the molecule is Cc1ccc(C2CCC(CCC3CCC(CC(C)C(C)(C)C)CC3)CC2)cc1F. The number of aryl methyl sites for hydroxylation is 1. The molecule has 0 aliphatic heterocycles. The second-order valence-corrected chi connectivity index (χ2v) is 11.7. The van der Waals surface area contributed by atoms with Gasteiger partial charge >= 0.3 is 0 Å². The molecule has 2 aliphatic carbocycles. The standard InChI is InChI=1S/C28H45F/c1-20-6-15-26(19-27(20)29)25-16-13-23(14-17-25)8-7-22-9-11-24(12-10-22)18-21(2)28(3,4)5/h6,15,19,21-25H,7-14,16-18H2,1-5H3. The van der Waals surface area contributed by atoms with Gasteiger partial charge < -0.3 is 0 Å². The first-order valence-electron chi connectivity index (χ1n) is 12.5. The van der Waals surface area contributed by atoms with Gasteiger partial charge in [0.2, 0.25) is 0 Å². The van der Waals surface area contributed by atoms with Crippen LogP contribution in [0.5, 0.6) is 0 Å². The number of hydrogen-bond donors (Lipinski definition) is 0. The number of benzene rings is 1. The van der Waals surface area contributed by atoms with Crippen LogP contribution in [0.3, 0.4) is 0 Å². The Kier molecular flexibility index (Phi) is 7.85. The minimum atomic E-state index is -0.0304. The molecular weight excluding hydrogens is 355 g/mol. The summed E-state index contributed by atoms with van der Waals surface area (Å²) in [6.45, 7) is 11.5. The molecule has 0 spiro atoms. The summed E-state index contributed by atoms with van der Waals surface area (Å²) >= 11 is 0. The monoisotopic (exact) mass is 400 g/mol. The van der Waals surface area contributed by atoms with E-state index >= 15 is 0 Å². The molecule has 3 rings (SSSR count). The second kappa shape index (κ2) is 9.97. The third-order valence-electron chi connectivity index (χ3n) is 8.63. The van der Waals surface area contributed by atoms with Crippen LogP contribution in [0.1, 0.15) is 115 Å². The van der Waals surface area contributed by atoms with Crippen LogP contribution >= 0.6 is 0 Å². The van der Waals surface area contributed by atoms with Gasteiger partial charge in [-0.3, -0.25) is 0 Å². The molecule has 0 radical (unpaired) electrons. The van der Waals surface area contributed by atoms with Gasteiger partial charge in [-0.1, -0.05) is 78.4 Å². The first-order valence-corrected chi connectivity index (χ1v) is 12.5. The molecular formula is C28H45F. The van der Waals surface area contributed by atoms with Crippen molar-refractivity contribution in [3.63, 3.8) is 0 Å². The summed E-state index contributed by atoms with van der Waals surface area (Å²) in [5.41, 5.74) is 2.46. The third kappa shape index (κ3) is 6.56. The van der Waals surface area contributed by atoms with Crippen molar-refractivity contribution in [2.75, 3.05) is 0 Å². The summed E-state index contributed by atoms with van der Waals surface area (Å²) in [4.78, 5) is 0. The van der Waals surface area contributed by atoms with E-state index in [1.165, 1.54) is 76.2 Å². The van der Waals surface area contributed by atoms with Gasteiger partial charge in [0.15, 0.2) is 0 Å². The van der Waals surface area contributed by atoms with E-state index in [0.29, 0.717) is 11.3 Å². The topological polar surface area (TPSA) is 0 Å². The van der Waals surface area contributed by atoms with Crippen molar-refractivity contribution in [2.45, 2.75) is 111 Å². The molecule has 0 bridgehead atoms. The van der Waals surface area contributed by atoms with Crippen LogP contribution in [0.15, 0.2) is 18.2 Å². The van der Waals surface area contributed by atoms with E-state index < -0.39 is 0 Å². The molecule has 1 aromatic rings. The first-order chi connectivity index (χ1) is 13.7. The Balaban J connectivity index is 1.34. The quantitative estimate of drug-likeness (QED) is 0.446. The maximum absolute atomic E-state index is 13.9. The van der Waals surface area contributed by atoms with E-state index in [-0.39, 0.29) is 5.82 Å². The molecule has 2 aliphatic rings. The summed E-state index contributed by atoms with van der Waals surface area (Å²) in [5.74, 6) is 4.27. The summed E-state index contributed by atoms with van der Waals surface area (Å²) in [6, 6.07) is 5.90. The predicted octanol–water partition coefficient (Wildman–Crippen LogP) is 9.07. The highest BCUT2D eigenvalue weighted by atomic mass is 19.1. The summed E-state index contributed by atoms with van der Waals surface area (Å²) in [5, 5.41) is 0. The molecule has 1 atom stereocenters. The Hall–Kier alpha value is -0.850. The Morgan fingerprint density at radius 1 is 0.862 bits per heavy atom. The van der Waals surface area contributed by atoms with Crippen LogP contribution < -0.4 is 0 Å². The van der Waals surface area contributed by atoms with Crippen molar-refractivity contribution >= 4 is 0 Å². The Morgan fingerprint density at radius 2 is 1.38 bits per heavy atom. The zero-order valence-corrected chi connectivity index (χ0v) is 19.8. The van der Waals surface area contributed by atoms with E-state index in [1.807, 2.05) is 13.0 Å². The van der Waals surface area contributed by atoms with Crippen molar-refractivity contribution in [3.05, 3.63) is 35.1 Å². The highest BCUT2D eigenvalue weighted by molar-refractivity contribution is 5.26. The van der Waals surface area contributed by atoms with E-state index in [0.717, 1.165) is 29.2 Å². The first kappa shape index (κ1) is 22.8. The third-order valence-corrected chi connectivity index (χ3v) is 8.63. The van der Waals surface area contributed by atoms with E-state index in [2.05, 4.69) is 33.8 Å². The minimum Gasteiger partial charge on any atom is -0.207 e. The normalized spacial score (nSPS) is 29.6. The van der Waals surface area contributed by atoms with Crippen LogP contribution in [-0.2, 0) is 0 Å². The maximum atomic E-state index is 13.9. The number of halogens is 1. The molecule has 1 heteroatoms. The van der Waals surface area contributed by atoms with E-state index in [4.69, 9.17) is 0 Å². The van der Waals surface area contributed by atoms with Gasteiger partial charge in [0.1, 0.15) is 5.82 Å². The van der Waals surface area contributed by atoms with E-state index in [9.17, 15) is 4.39 Å². The lowest BCUT2D eigenvalue weighted by Gasteiger charge is -2.35. The molecule has 1 aromatic carbocycles. The molecule has 2 saturated carbocycles. The molecule has 0 saturated heterocycles. The Labute approximate surface area is 180 Å². The fraction of sp³-hybridized carbons (Fsp3) is 0.786. The molecule has 1 unspecified atom stereocenters. The Morgan fingerprint density at radius 3 is 1.90 bits per heavy atom. The van der Waals surface area contributed by atoms with Gasteiger partial charge in [0.25, 0.3) is 0 Å². The molecule has 0 heterocycles. The maximum Gasteiger partial charge on any atom is 0.126 e. The molecule has 2 fully saturated rings. The largest absolute Gasteiger partial charge is 0.207 e. The average Bonchev–Trinajstić information content (AvgIpc) is 2.69. The lowest BCUT2D eigenvalue weighted by molar-refractivity contribution is 0.166. The van der Waals surface area contributed by atoms with Crippen molar-refractivity contribution in [1.82, 2.24) is 0 Å². The molecule has 164 valence electrons. The molecule has 0 nitrogen and oxygen atoms in total. The molecule has 0 N–H and O–H groups in total. The molecule has 0 aromatic heterocycles. The smallest absolute Gasteiger partial charge is 0.126 e. The van der Waals surface area contributed by atoms with Crippen LogP contribution in [0, 0.1) is 41.8 Å². The fourth-order valence-corrected chi connectivity index (χ4v) is 5.73. The van der Waals surface area contributed by atoms with Gasteiger partial charge in [-0.05, 0) is 91.2 Å². The van der Waals surface area contributed by atoms with Crippen molar-refractivity contribution < 1.29 is 4.39 Å². The number of hydrogen-bond acceptors (Lipinski definition) is 0. The summed E-state index contributed by atoms with van der Waals surface area (Å²) in [6.07, 6.45) is 15.4. The minimum absolute atomic E-state index is 0.0304. The highest BCUT2D eigenvalue weighted by Crippen LogP contribution is 2.42. The van der Waals surface area contributed by atoms with Crippen molar-refractivity contribution in [2.24, 2.45) is 29.1 Å². The van der Waals surface area contributed by atoms with Crippen molar-refractivity contribution in [3.8, 4) is 0 Å². The van der Waals surface area contributed by atoms with Gasteiger partial charge in [0.05, 0.1) is 0 Å². The Bertz CT molecular complexity index is 624. The zero-order valence-electron chi connectivity index (χ0n) is 19.8. The summed E-state index contributed by atoms with van der Waals surface area (Å²) < 4.78 is 13.9. The lowest BCUT2D eigenvalue weighted by Crippen LogP contribution is -2.23. The van der Waals surface area contributed by atoms with Gasteiger partial charge in [-0.15, -0.1) is 0 Å². The second-order valence-electron chi connectivity index (χ2n) is 11.7. The van der Waals surface area contributed by atoms with Crippen LogP contribution in [0.4, 0.5) is 4.39 Å². The van der Waals surface area contributed by atoms with Crippen LogP contribution in [-0.4, -0.2) is 0 Å². The van der Waals surface area contributed by atoms with Gasteiger partial charge in [-0.2, -0.15) is 0 Å². The zero-order chi connectivity index (χ0) is 21.0.